The first kappa shape index (κ1) is 27.5. The van der Waals surface area contributed by atoms with Crippen molar-refractivity contribution in [3.63, 3.8) is 0 Å². The summed E-state index contributed by atoms with van der Waals surface area (Å²) in [6.07, 6.45) is -1.85. The molecular weight excluding hydrogens is 505 g/mol. The van der Waals surface area contributed by atoms with Gasteiger partial charge < -0.3 is 9.64 Å². The lowest BCUT2D eigenvalue weighted by Gasteiger charge is -2.23. The van der Waals surface area contributed by atoms with E-state index in [1.807, 2.05) is 61.7 Å². The molecule has 0 atom stereocenters. The Kier molecular flexibility index (Phi) is 8.26. The number of hydrogen-bond donors (Lipinski definition) is 0. The molecule has 4 rings (SSSR count). The molecule has 4 aromatic rings. The predicted molar refractivity (Wildman–Crippen MR) is 150 cm³/mol. The number of nitrogens with zero attached hydrogens (tertiary/aromatic N) is 2. The van der Waals surface area contributed by atoms with E-state index in [0.717, 1.165) is 57.4 Å². The van der Waals surface area contributed by atoms with Gasteiger partial charge in [-0.25, -0.2) is 4.98 Å². The Labute approximate surface area is 226 Å². The second kappa shape index (κ2) is 11.4. The molecule has 0 amide bonds. The van der Waals surface area contributed by atoms with Crippen molar-refractivity contribution in [1.82, 2.24) is 4.98 Å². The Morgan fingerprint density at radius 3 is 2.24 bits per heavy atom. The van der Waals surface area contributed by atoms with Gasteiger partial charge in [-0.15, -0.1) is 11.3 Å². The fourth-order valence-corrected chi connectivity index (χ4v) is 4.84. The second-order valence-electron chi connectivity index (χ2n) is 9.75. The number of rotatable bonds is 10. The fourth-order valence-electron chi connectivity index (χ4n) is 3.99. The molecule has 1 aromatic heterocycles. The Morgan fingerprint density at radius 2 is 1.61 bits per heavy atom. The molecule has 1 heterocycles. The molecule has 198 valence electrons. The topological polar surface area (TPSA) is 25.4 Å². The van der Waals surface area contributed by atoms with Crippen molar-refractivity contribution < 1.29 is 17.9 Å². The molecule has 0 fully saturated rings. The van der Waals surface area contributed by atoms with Crippen molar-refractivity contribution in [3.05, 3.63) is 113 Å². The summed E-state index contributed by atoms with van der Waals surface area (Å²) < 4.78 is 45.1. The first-order valence-corrected chi connectivity index (χ1v) is 13.3. The highest BCUT2D eigenvalue weighted by Crippen LogP contribution is 2.32. The lowest BCUT2D eigenvalue weighted by molar-refractivity contribution is -0.137. The van der Waals surface area contributed by atoms with Crippen LogP contribution >= 0.6 is 11.3 Å². The van der Waals surface area contributed by atoms with Crippen LogP contribution in [0.3, 0.4) is 0 Å². The number of aromatic nitrogens is 1. The predicted octanol–water partition coefficient (Wildman–Crippen LogP) is 8.73. The van der Waals surface area contributed by atoms with Gasteiger partial charge >= 0.3 is 6.18 Å². The van der Waals surface area contributed by atoms with Crippen LogP contribution in [0.25, 0.3) is 11.3 Å². The number of alkyl halides is 3. The van der Waals surface area contributed by atoms with Gasteiger partial charge in [0.1, 0.15) is 11.4 Å². The summed E-state index contributed by atoms with van der Waals surface area (Å²) in [5, 5.41) is 2.86. The first-order chi connectivity index (χ1) is 18.0. The Morgan fingerprint density at radius 1 is 0.947 bits per heavy atom. The Hall–Kier alpha value is -3.58. The largest absolute Gasteiger partial charge is 0.484 e. The summed E-state index contributed by atoms with van der Waals surface area (Å²) in [4.78, 5) is 7.03. The summed E-state index contributed by atoms with van der Waals surface area (Å²) in [7, 11) is 0. The maximum Gasteiger partial charge on any atom is 0.416 e. The SMILES string of the molecule is C=CC(C)(C)Oc1ccc(CCN(Cc2ccc(C(F)(F)F)cc2)c2nc(-c3ccccc3C)cs2)cc1. The van der Waals surface area contributed by atoms with Crippen molar-refractivity contribution in [2.24, 2.45) is 0 Å². The van der Waals surface area contributed by atoms with Crippen LogP contribution in [0.1, 0.15) is 36.1 Å². The van der Waals surface area contributed by atoms with E-state index in [1.165, 1.54) is 11.3 Å². The average molecular weight is 537 g/mol. The molecule has 0 unspecified atom stereocenters. The molecule has 0 spiro atoms. The lowest BCUT2D eigenvalue weighted by Crippen LogP contribution is -2.25. The standard InChI is InChI=1S/C31H31F3N2OS/c1-5-30(3,4)37-26-16-12-23(13-17-26)18-19-36(20-24-10-14-25(15-11-24)31(32,33)34)29-35-28(21-38-29)27-9-7-6-8-22(27)2/h5-17,21H,1,18-20H2,2-4H3. The van der Waals surface area contributed by atoms with E-state index in [4.69, 9.17) is 9.72 Å². The lowest BCUT2D eigenvalue weighted by atomic mass is 10.1. The van der Waals surface area contributed by atoms with Crippen LogP contribution in [0.2, 0.25) is 0 Å². The minimum Gasteiger partial charge on any atom is -0.484 e. The molecule has 3 aromatic carbocycles. The number of halogens is 3. The van der Waals surface area contributed by atoms with Crippen LogP contribution in [0.15, 0.2) is 90.8 Å². The van der Waals surface area contributed by atoms with Gasteiger partial charge in [0.25, 0.3) is 0 Å². The van der Waals surface area contributed by atoms with Gasteiger partial charge in [-0.05, 0) is 74.2 Å². The maximum absolute atomic E-state index is 13.1. The molecule has 0 N–H and O–H groups in total. The molecule has 0 aliphatic heterocycles. The van der Waals surface area contributed by atoms with E-state index in [0.29, 0.717) is 13.1 Å². The monoisotopic (exact) mass is 536 g/mol. The first-order valence-electron chi connectivity index (χ1n) is 12.4. The highest BCUT2D eigenvalue weighted by atomic mass is 32.1. The zero-order valence-electron chi connectivity index (χ0n) is 21.8. The van der Waals surface area contributed by atoms with Gasteiger partial charge in [0.05, 0.1) is 11.3 Å². The summed E-state index contributed by atoms with van der Waals surface area (Å²) in [6.45, 7) is 10.9. The fraction of sp³-hybridized carbons (Fsp3) is 0.258. The number of benzene rings is 3. The molecule has 3 nitrogen and oxygen atoms in total. The summed E-state index contributed by atoms with van der Waals surface area (Å²) in [6, 6.07) is 21.4. The van der Waals surface area contributed by atoms with Gasteiger partial charge in [-0.2, -0.15) is 13.2 Å². The number of anilines is 1. The normalized spacial score (nSPS) is 11.8. The third kappa shape index (κ3) is 7.04. The average Bonchev–Trinajstić information content (AvgIpc) is 3.37. The highest BCUT2D eigenvalue weighted by molar-refractivity contribution is 7.14. The van der Waals surface area contributed by atoms with Crippen molar-refractivity contribution in [1.29, 1.82) is 0 Å². The Balaban J connectivity index is 1.54. The van der Waals surface area contributed by atoms with Crippen LogP contribution in [0, 0.1) is 6.92 Å². The van der Waals surface area contributed by atoms with Crippen LogP contribution < -0.4 is 9.64 Å². The van der Waals surface area contributed by atoms with Gasteiger partial charge in [0.15, 0.2) is 5.13 Å². The van der Waals surface area contributed by atoms with Crippen molar-refractivity contribution in [3.8, 4) is 17.0 Å². The molecule has 38 heavy (non-hydrogen) atoms. The van der Waals surface area contributed by atoms with Crippen molar-refractivity contribution >= 4 is 16.5 Å². The number of thiazole rings is 1. The molecule has 0 aliphatic carbocycles. The van der Waals surface area contributed by atoms with E-state index >= 15 is 0 Å². The number of aryl methyl sites for hydroxylation is 1. The summed E-state index contributed by atoms with van der Waals surface area (Å²) in [5.41, 5.74) is 3.92. The molecule has 0 aliphatic rings. The summed E-state index contributed by atoms with van der Waals surface area (Å²) >= 11 is 1.54. The highest BCUT2D eigenvalue weighted by Gasteiger charge is 2.30. The van der Waals surface area contributed by atoms with Crippen molar-refractivity contribution in [2.75, 3.05) is 11.4 Å². The van der Waals surface area contributed by atoms with E-state index in [9.17, 15) is 13.2 Å². The third-order valence-electron chi connectivity index (χ3n) is 6.30. The minimum atomic E-state index is -4.35. The molecule has 0 saturated heterocycles. The number of ether oxygens (including phenoxy) is 1. The van der Waals surface area contributed by atoms with Crippen LogP contribution in [0.4, 0.5) is 18.3 Å². The van der Waals surface area contributed by atoms with E-state index in [1.54, 1.807) is 18.2 Å². The van der Waals surface area contributed by atoms with Gasteiger partial charge in [-0.3, -0.25) is 0 Å². The zero-order valence-corrected chi connectivity index (χ0v) is 22.6. The van der Waals surface area contributed by atoms with Crippen molar-refractivity contribution in [2.45, 2.75) is 45.5 Å². The second-order valence-corrected chi connectivity index (χ2v) is 10.6. The molecule has 0 bridgehead atoms. The molecular formula is C31H31F3N2OS. The van der Waals surface area contributed by atoms with E-state index in [2.05, 4.69) is 24.5 Å². The van der Waals surface area contributed by atoms with E-state index in [-0.39, 0.29) is 0 Å². The van der Waals surface area contributed by atoms with Gasteiger partial charge in [0.2, 0.25) is 0 Å². The van der Waals surface area contributed by atoms with Gasteiger partial charge in [0, 0.05) is 24.0 Å². The maximum atomic E-state index is 13.1. The molecule has 0 radical (unpaired) electrons. The third-order valence-corrected chi connectivity index (χ3v) is 7.21. The summed E-state index contributed by atoms with van der Waals surface area (Å²) in [5.74, 6) is 0.767. The van der Waals surface area contributed by atoms with Crippen LogP contribution in [-0.4, -0.2) is 17.1 Å². The number of hydrogen-bond acceptors (Lipinski definition) is 4. The minimum absolute atomic E-state index is 0.452. The Bertz CT molecular complexity index is 1360. The quantitative estimate of drug-likeness (QED) is 0.190. The zero-order chi connectivity index (χ0) is 27.3. The smallest absolute Gasteiger partial charge is 0.416 e. The van der Waals surface area contributed by atoms with Crippen LogP contribution in [-0.2, 0) is 19.1 Å². The molecule has 0 saturated carbocycles. The van der Waals surface area contributed by atoms with E-state index < -0.39 is 17.3 Å². The van der Waals surface area contributed by atoms with Gasteiger partial charge in [-0.1, -0.05) is 55.1 Å². The molecule has 7 heteroatoms. The van der Waals surface area contributed by atoms with Crippen LogP contribution in [0.5, 0.6) is 5.75 Å².